The van der Waals surface area contributed by atoms with Crippen molar-refractivity contribution in [2.24, 2.45) is 0 Å². The normalized spacial score (nSPS) is 29.8. The molecule has 1 fully saturated rings. The van der Waals surface area contributed by atoms with E-state index in [1.165, 1.54) is 17.9 Å². The topological polar surface area (TPSA) is 120 Å². The van der Waals surface area contributed by atoms with Crippen molar-refractivity contribution in [2.45, 2.75) is 37.9 Å². The Kier molecular flexibility index (Phi) is 4.09. The van der Waals surface area contributed by atoms with Crippen LogP contribution in [0.3, 0.4) is 0 Å². The van der Waals surface area contributed by atoms with Crippen LogP contribution in [0.2, 0.25) is 0 Å². The van der Waals surface area contributed by atoms with Gasteiger partial charge in [-0.3, -0.25) is 4.57 Å². The van der Waals surface area contributed by atoms with Gasteiger partial charge in [-0.05, 0) is 6.92 Å². The van der Waals surface area contributed by atoms with Crippen molar-refractivity contribution in [2.75, 3.05) is 19.5 Å². The van der Waals surface area contributed by atoms with E-state index in [2.05, 4.69) is 4.98 Å². The zero-order chi connectivity index (χ0) is 14.9. The summed E-state index contributed by atoms with van der Waals surface area (Å²) in [6, 6.07) is 0. The van der Waals surface area contributed by atoms with Crippen molar-refractivity contribution in [3.05, 3.63) is 22.2 Å². The van der Waals surface area contributed by atoms with Crippen molar-refractivity contribution in [3.63, 3.8) is 0 Å². The third-order valence-electron chi connectivity index (χ3n) is 3.45. The Bertz CT molecular complexity index is 546. The number of nitrogens with two attached hydrogens (primary N) is 1. The molecule has 1 aliphatic rings. The molecule has 3 unspecified atom stereocenters. The molecule has 1 aromatic rings. The summed E-state index contributed by atoms with van der Waals surface area (Å²) >= 11 is 0. The van der Waals surface area contributed by atoms with Crippen molar-refractivity contribution in [3.8, 4) is 0 Å². The van der Waals surface area contributed by atoms with Crippen LogP contribution < -0.4 is 11.4 Å². The molecule has 112 valence electrons. The summed E-state index contributed by atoms with van der Waals surface area (Å²) in [5, 5.41) is 19.0. The van der Waals surface area contributed by atoms with Gasteiger partial charge in [-0.25, -0.2) is 4.79 Å². The van der Waals surface area contributed by atoms with E-state index in [-0.39, 0.29) is 25.5 Å². The van der Waals surface area contributed by atoms with Gasteiger partial charge in [0.15, 0.2) is 0 Å². The van der Waals surface area contributed by atoms with Gasteiger partial charge in [0.2, 0.25) is 0 Å². The van der Waals surface area contributed by atoms with Crippen LogP contribution in [0.4, 0.5) is 5.82 Å². The first-order valence-corrected chi connectivity index (χ1v) is 6.25. The first-order chi connectivity index (χ1) is 9.41. The maximum absolute atomic E-state index is 12.0. The molecule has 4 N–H and O–H groups in total. The number of nitrogen functional groups attached to an aromatic ring is 1. The van der Waals surface area contributed by atoms with Gasteiger partial charge >= 0.3 is 5.69 Å². The molecule has 0 amide bonds. The van der Waals surface area contributed by atoms with Gasteiger partial charge in [0.25, 0.3) is 0 Å². The maximum atomic E-state index is 12.0. The number of nitrogens with zero attached hydrogens (tertiary/aromatic N) is 2. The molecule has 0 aromatic carbocycles. The average molecular weight is 285 g/mol. The molecule has 8 heteroatoms. The van der Waals surface area contributed by atoms with E-state index in [0.29, 0.717) is 5.56 Å². The van der Waals surface area contributed by atoms with Crippen LogP contribution in [0.1, 0.15) is 18.9 Å². The first kappa shape index (κ1) is 14.9. The lowest BCUT2D eigenvalue weighted by atomic mass is 10.1. The van der Waals surface area contributed by atoms with E-state index in [1.807, 2.05) is 0 Å². The fourth-order valence-corrected chi connectivity index (χ4v) is 2.40. The Morgan fingerprint density at radius 1 is 1.70 bits per heavy atom. The SMILES string of the molecule is COCc1cn(C2(C)CC(O)C(CO)O2)c(=O)nc1N. The maximum Gasteiger partial charge on any atom is 0.351 e. The first-order valence-electron chi connectivity index (χ1n) is 6.25. The van der Waals surface area contributed by atoms with Crippen molar-refractivity contribution < 1.29 is 19.7 Å². The largest absolute Gasteiger partial charge is 0.394 e. The molecule has 1 saturated heterocycles. The number of aliphatic hydroxyl groups is 2. The molecule has 2 rings (SSSR count). The van der Waals surface area contributed by atoms with E-state index < -0.39 is 23.6 Å². The molecule has 0 spiro atoms. The molecular formula is C12H19N3O5. The van der Waals surface area contributed by atoms with Gasteiger partial charge in [0.05, 0.1) is 19.3 Å². The van der Waals surface area contributed by atoms with Gasteiger partial charge < -0.3 is 25.4 Å². The van der Waals surface area contributed by atoms with Crippen LogP contribution in [-0.2, 0) is 21.8 Å². The van der Waals surface area contributed by atoms with Crippen LogP contribution in [-0.4, -0.2) is 45.7 Å². The quantitative estimate of drug-likeness (QED) is 0.634. The molecule has 2 heterocycles. The lowest BCUT2D eigenvalue weighted by molar-refractivity contribution is -0.108. The zero-order valence-corrected chi connectivity index (χ0v) is 11.4. The number of methoxy groups -OCH3 is 1. The summed E-state index contributed by atoms with van der Waals surface area (Å²) in [4.78, 5) is 15.7. The van der Waals surface area contributed by atoms with Crippen LogP contribution >= 0.6 is 0 Å². The second kappa shape index (κ2) is 5.49. The Morgan fingerprint density at radius 3 is 2.95 bits per heavy atom. The molecule has 0 aliphatic carbocycles. The van der Waals surface area contributed by atoms with E-state index >= 15 is 0 Å². The third-order valence-corrected chi connectivity index (χ3v) is 3.45. The molecule has 8 nitrogen and oxygen atoms in total. The van der Waals surface area contributed by atoms with Gasteiger partial charge in [-0.1, -0.05) is 0 Å². The molecule has 3 atom stereocenters. The molecule has 0 bridgehead atoms. The third kappa shape index (κ3) is 2.55. The molecule has 0 saturated carbocycles. The number of rotatable bonds is 4. The highest BCUT2D eigenvalue weighted by Crippen LogP contribution is 2.33. The highest BCUT2D eigenvalue weighted by Gasteiger charge is 2.44. The second-order valence-corrected chi connectivity index (χ2v) is 5.02. The number of ether oxygens (including phenoxy) is 2. The predicted molar refractivity (Wildman–Crippen MR) is 69.9 cm³/mol. The Labute approximate surface area is 115 Å². The lowest BCUT2D eigenvalue weighted by Crippen LogP contribution is -2.40. The van der Waals surface area contributed by atoms with Crippen molar-refractivity contribution >= 4 is 5.82 Å². The fourth-order valence-electron chi connectivity index (χ4n) is 2.40. The predicted octanol–water partition coefficient (Wildman–Crippen LogP) is -1.21. The van der Waals surface area contributed by atoms with E-state index in [0.717, 1.165) is 0 Å². The standard InChI is InChI=1S/C12H19N3O5/c1-12(3-8(17)9(5-16)20-12)15-4-7(6-19-2)10(13)14-11(15)18/h4,8-9,16-17H,3,5-6H2,1-2H3,(H2,13,14,18). The van der Waals surface area contributed by atoms with Gasteiger partial charge in [0.1, 0.15) is 17.6 Å². The molecule has 1 aliphatic heterocycles. The number of hydrogen-bond acceptors (Lipinski definition) is 7. The minimum atomic E-state index is -1.08. The average Bonchev–Trinajstić information content (AvgIpc) is 2.68. The Morgan fingerprint density at radius 2 is 2.40 bits per heavy atom. The molecule has 1 aromatic heterocycles. The Balaban J connectivity index is 2.42. The van der Waals surface area contributed by atoms with Crippen LogP contribution in [0.15, 0.2) is 11.0 Å². The summed E-state index contributed by atoms with van der Waals surface area (Å²) < 4.78 is 11.9. The number of hydrogen-bond donors (Lipinski definition) is 3. The van der Waals surface area contributed by atoms with E-state index in [9.17, 15) is 9.90 Å². The summed E-state index contributed by atoms with van der Waals surface area (Å²) in [7, 11) is 1.51. The number of anilines is 1. The summed E-state index contributed by atoms with van der Waals surface area (Å²) in [5.41, 5.74) is 4.57. The summed E-state index contributed by atoms with van der Waals surface area (Å²) in [5.74, 6) is 0.106. The van der Waals surface area contributed by atoms with E-state index in [4.69, 9.17) is 20.3 Å². The van der Waals surface area contributed by atoms with Gasteiger partial charge in [-0.2, -0.15) is 4.98 Å². The number of aliphatic hydroxyl groups excluding tert-OH is 2. The van der Waals surface area contributed by atoms with Crippen LogP contribution in [0.5, 0.6) is 0 Å². The number of aromatic nitrogens is 2. The highest BCUT2D eigenvalue weighted by atomic mass is 16.6. The minimum Gasteiger partial charge on any atom is -0.394 e. The lowest BCUT2D eigenvalue weighted by Gasteiger charge is -2.27. The van der Waals surface area contributed by atoms with Crippen LogP contribution in [0, 0.1) is 0 Å². The Hall–Kier alpha value is -1.48. The summed E-state index contributed by atoms with van der Waals surface area (Å²) in [6.07, 6.45) is 0.118. The fraction of sp³-hybridized carbons (Fsp3) is 0.667. The van der Waals surface area contributed by atoms with E-state index in [1.54, 1.807) is 6.92 Å². The summed E-state index contributed by atoms with van der Waals surface area (Å²) in [6.45, 7) is 1.54. The van der Waals surface area contributed by atoms with Crippen LogP contribution in [0.25, 0.3) is 0 Å². The van der Waals surface area contributed by atoms with Gasteiger partial charge in [-0.15, -0.1) is 0 Å². The zero-order valence-electron chi connectivity index (χ0n) is 11.4. The minimum absolute atomic E-state index is 0.106. The smallest absolute Gasteiger partial charge is 0.351 e. The van der Waals surface area contributed by atoms with Crippen molar-refractivity contribution in [1.82, 2.24) is 9.55 Å². The second-order valence-electron chi connectivity index (χ2n) is 5.02. The highest BCUT2D eigenvalue weighted by molar-refractivity contribution is 5.36. The molecule has 0 radical (unpaired) electrons. The molecule has 20 heavy (non-hydrogen) atoms. The molecular weight excluding hydrogens is 266 g/mol. The van der Waals surface area contributed by atoms with Crippen molar-refractivity contribution in [1.29, 1.82) is 0 Å². The monoisotopic (exact) mass is 285 g/mol. The van der Waals surface area contributed by atoms with Gasteiger partial charge in [0, 0.05) is 25.3 Å².